The molecule has 1 aromatic rings. The number of aliphatic carboxylic acids is 1. The van der Waals surface area contributed by atoms with Crippen LogP contribution in [0.3, 0.4) is 0 Å². The van der Waals surface area contributed by atoms with Gasteiger partial charge >= 0.3 is 6.09 Å². The number of fused-ring (bicyclic) bond motifs is 1. The first kappa shape index (κ1) is 18.2. The topological polar surface area (TPSA) is 153 Å². The van der Waals surface area contributed by atoms with Gasteiger partial charge in [-0.25, -0.2) is 4.79 Å². The highest BCUT2D eigenvalue weighted by Gasteiger charge is 2.61. The van der Waals surface area contributed by atoms with Crippen LogP contribution in [0.25, 0.3) is 6.08 Å². The van der Waals surface area contributed by atoms with Crippen molar-refractivity contribution >= 4 is 35.8 Å². The Kier molecular flexibility index (Phi) is 4.63. The Balaban J connectivity index is 1.89. The zero-order chi connectivity index (χ0) is 19.1. The fourth-order valence-corrected chi connectivity index (χ4v) is 4.75. The molecular formula is C16H18N4O5S. The van der Waals surface area contributed by atoms with E-state index in [1.165, 1.54) is 16.7 Å². The van der Waals surface area contributed by atoms with Gasteiger partial charge in [-0.05, 0) is 25.1 Å². The SMILES string of the molecule is C[C@@]1(COC(N)=O)SC2/C(=C\c3cc(C[NH3+])ccn3)C(=O)N2[C@H]1C(=O)[O-]. The van der Waals surface area contributed by atoms with Gasteiger partial charge in [0.2, 0.25) is 0 Å². The van der Waals surface area contributed by atoms with Crippen molar-refractivity contribution in [2.24, 2.45) is 5.73 Å². The van der Waals surface area contributed by atoms with Crippen LogP contribution in [0.15, 0.2) is 23.9 Å². The number of hydrogen-bond donors (Lipinski definition) is 2. The van der Waals surface area contributed by atoms with Crippen molar-refractivity contribution in [1.82, 2.24) is 9.88 Å². The van der Waals surface area contributed by atoms with E-state index in [0.29, 0.717) is 17.8 Å². The number of carbonyl (C=O) groups excluding carboxylic acids is 3. The number of aromatic nitrogens is 1. The van der Waals surface area contributed by atoms with Crippen LogP contribution in [0.5, 0.6) is 0 Å². The van der Waals surface area contributed by atoms with Gasteiger partial charge in [-0.2, -0.15) is 0 Å². The molecule has 3 atom stereocenters. The van der Waals surface area contributed by atoms with E-state index in [1.54, 1.807) is 19.2 Å². The number of β-lactam (4-membered cyclic amide) rings is 1. The second-order valence-electron chi connectivity index (χ2n) is 6.26. The summed E-state index contributed by atoms with van der Waals surface area (Å²) in [6.45, 7) is 1.95. The molecule has 10 heteroatoms. The van der Waals surface area contributed by atoms with E-state index in [-0.39, 0.29) is 6.61 Å². The molecular weight excluding hydrogens is 360 g/mol. The van der Waals surface area contributed by atoms with Crippen LogP contribution < -0.4 is 16.6 Å². The van der Waals surface area contributed by atoms with E-state index in [2.05, 4.69) is 10.7 Å². The Morgan fingerprint density at radius 1 is 1.58 bits per heavy atom. The van der Waals surface area contributed by atoms with Gasteiger partial charge < -0.3 is 31.0 Å². The predicted octanol–water partition coefficient (Wildman–Crippen LogP) is -1.91. The van der Waals surface area contributed by atoms with E-state index in [1.807, 2.05) is 12.1 Å². The number of rotatable bonds is 5. The summed E-state index contributed by atoms with van der Waals surface area (Å²) in [7, 11) is 0. The van der Waals surface area contributed by atoms with Crippen molar-refractivity contribution in [3.63, 3.8) is 0 Å². The molecule has 0 saturated carbocycles. The summed E-state index contributed by atoms with van der Waals surface area (Å²) in [5.74, 6) is -1.80. The summed E-state index contributed by atoms with van der Waals surface area (Å²) in [5.41, 5.74) is 10.8. The number of amides is 2. The third-order valence-corrected chi connectivity index (χ3v) is 5.98. The summed E-state index contributed by atoms with van der Waals surface area (Å²) < 4.78 is 3.74. The van der Waals surface area contributed by atoms with Crippen LogP contribution in [0.2, 0.25) is 0 Å². The summed E-state index contributed by atoms with van der Waals surface area (Å²) >= 11 is 1.23. The normalized spacial score (nSPS) is 28.6. The predicted molar refractivity (Wildman–Crippen MR) is 89.8 cm³/mol. The second kappa shape index (κ2) is 6.61. The van der Waals surface area contributed by atoms with Gasteiger partial charge in [0, 0.05) is 11.8 Å². The summed E-state index contributed by atoms with van der Waals surface area (Å²) in [4.78, 5) is 40.5. The molecule has 2 amide bonds. The van der Waals surface area contributed by atoms with Crippen molar-refractivity contribution in [2.75, 3.05) is 6.61 Å². The van der Waals surface area contributed by atoms with E-state index < -0.39 is 34.1 Å². The fraction of sp³-hybridized carbons (Fsp3) is 0.375. The molecule has 3 heterocycles. The monoisotopic (exact) mass is 378 g/mol. The zero-order valence-corrected chi connectivity index (χ0v) is 14.8. The number of ether oxygens (including phenoxy) is 1. The van der Waals surface area contributed by atoms with Crippen molar-refractivity contribution in [3.05, 3.63) is 35.2 Å². The van der Waals surface area contributed by atoms with Gasteiger partial charge in [0.1, 0.15) is 12.0 Å². The third kappa shape index (κ3) is 3.01. The molecule has 0 bridgehead atoms. The lowest BCUT2D eigenvalue weighted by atomic mass is 9.94. The molecule has 0 aromatic carbocycles. The lowest BCUT2D eigenvalue weighted by molar-refractivity contribution is -0.386. The van der Waals surface area contributed by atoms with E-state index in [0.717, 1.165) is 5.56 Å². The van der Waals surface area contributed by atoms with Crippen LogP contribution in [0.4, 0.5) is 4.79 Å². The van der Waals surface area contributed by atoms with Crippen molar-refractivity contribution in [3.8, 4) is 0 Å². The Hall–Kier alpha value is -2.59. The number of pyridine rings is 1. The van der Waals surface area contributed by atoms with Crippen LogP contribution in [0.1, 0.15) is 18.2 Å². The molecule has 2 saturated heterocycles. The van der Waals surface area contributed by atoms with Crippen molar-refractivity contribution < 1.29 is 30.0 Å². The largest absolute Gasteiger partial charge is 0.548 e. The van der Waals surface area contributed by atoms with Crippen LogP contribution in [0, 0.1) is 0 Å². The molecule has 2 aliphatic rings. The van der Waals surface area contributed by atoms with Gasteiger partial charge in [0.25, 0.3) is 5.91 Å². The molecule has 1 unspecified atom stereocenters. The first-order chi connectivity index (χ1) is 12.3. The maximum Gasteiger partial charge on any atom is 0.404 e. The highest BCUT2D eigenvalue weighted by Crippen LogP contribution is 2.53. The molecule has 9 nitrogen and oxygen atoms in total. The van der Waals surface area contributed by atoms with E-state index in [9.17, 15) is 19.5 Å². The highest BCUT2D eigenvalue weighted by molar-refractivity contribution is 8.02. The molecule has 3 rings (SSSR count). The Morgan fingerprint density at radius 2 is 2.31 bits per heavy atom. The minimum absolute atomic E-state index is 0.242. The summed E-state index contributed by atoms with van der Waals surface area (Å²) in [5, 5.41) is 11.1. The Morgan fingerprint density at radius 3 is 2.92 bits per heavy atom. The number of hydrogen-bond acceptors (Lipinski definition) is 7. The molecule has 2 aliphatic heterocycles. The molecule has 26 heavy (non-hydrogen) atoms. The fourth-order valence-electron chi connectivity index (χ4n) is 3.14. The number of quaternary nitrogens is 1. The maximum atomic E-state index is 12.5. The van der Waals surface area contributed by atoms with Crippen molar-refractivity contribution in [1.29, 1.82) is 0 Å². The van der Waals surface area contributed by atoms with Crippen LogP contribution in [-0.2, 0) is 20.9 Å². The molecule has 138 valence electrons. The number of thioether (sulfide) groups is 1. The van der Waals surface area contributed by atoms with Crippen molar-refractivity contribution in [2.45, 2.75) is 29.6 Å². The van der Waals surface area contributed by atoms with E-state index >= 15 is 0 Å². The Labute approximate surface area is 153 Å². The maximum absolute atomic E-state index is 12.5. The van der Waals surface area contributed by atoms with Gasteiger partial charge in [-0.3, -0.25) is 9.78 Å². The molecule has 0 radical (unpaired) electrons. The summed E-state index contributed by atoms with van der Waals surface area (Å²) in [6, 6.07) is 2.43. The lowest BCUT2D eigenvalue weighted by Gasteiger charge is -2.41. The third-order valence-electron chi connectivity index (χ3n) is 4.40. The average Bonchev–Trinajstić information content (AvgIpc) is 2.89. The molecule has 5 N–H and O–H groups in total. The molecule has 0 aliphatic carbocycles. The second-order valence-corrected chi connectivity index (χ2v) is 7.88. The Bertz CT molecular complexity index is 814. The van der Waals surface area contributed by atoms with Gasteiger partial charge in [-0.15, -0.1) is 11.8 Å². The number of nitrogens with two attached hydrogens (primary N) is 1. The van der Waals surface area contributed by atoms with Crippen LogP contribution >= 0.6 is 11.8 Å². The van der Waals surface area contributed by atoms with Crippen LogP contribution in [-0.4, -0.2) is 50.6 Å². The first-order valence-corrected chi connectivity index (χ1v) is 8.74. The standard InChI is InChI=1S/C16H18N4O5S/c1-16(7-25-15(18)24)11(14(22)23)20-12(21)10(13(20)26-16)5-9-4-8(6-17)2-3-19-9/h2-5,11,13H,6-7,17H2,1H3,(H2,18,24)(H,22,23)/b10-5-/t11-,13?,16-/m0/s1. The minimum Gasteiger partial charge on any atom is -0.548 e. The molecule has 0 spiro atoms. The lowest BCUT2D eigenvalue weighted by Crippen LogP contribution is -2.62. The number of carboxylic acid groups (broad SMARTS) is 1. The smallest absolute Gasteiger partial charge is 0.404 e. The number of primary amides is 1. The highest BCUT2D eigenvalue weighted by atomic mass is 32.2. The number of nitrogens with zero attached hydrogens (tertiary/aromatic N) is 2. The van der Waals surface area contributed by atoms with Gasteiger partial charge in [-0.1, -0.05) is 0 Å². The molecule has 1 aromatic heterocycles. The summed E-state index contributed by atoms with van der Waals surface area (Å²) in [6.07, 6.45) is 2.27. The zero-order valence-electron chi connectivity index (χ0n) is 14.0. The number of carboxylic acids is 1. The van der Waals surface area contributed by atoms with Gasteiger partial charge in [0.05, 0.1) is 34.6 Å². The quantitative estimate of drug-likeness (QED) is 0.448. The number of carbonyl (C=O) groups is 3. The first-order valence-electron chi connectivity index (χ1n) is 7.86. The van der Waals surface area contributed by atoms with Gasteiger partial charge in [0.15, 0.2) is 0 Å². The average molecular weight is 378 g/mol. The minimum atomic E-state index is -1.40. The molecule has 2 fully saturated rings. The van der Waals surface area contributed by atoms with E-state index in [4.69, 9.17) is 10.5 Å².